The van der Waals surface area contributed by atoms with Gasteiger partial charge in [-0.3, -0.25) is 9.59 Å². The lowest BCUT2D eigenvalue weighted by molar-refractivity contribution is -0.0674. The van der Waals surface area contributed by atoms with Crippen LogP contribution in [0.1, 0.15) is 0 Å². The average Bonchev–Trinajstić information content (AvgIpc) is 2.58. The Morgan fingerprint density at radius 3 is 2.67 bits per heavy atom. The van der Waals surface area contributed by atoms with Gasteiger partial charge < -0.3 is 5.53 Å². The SMILES string of the molecule is [N-]=[N+]=c1c(=O)c2ccsc2c1=O. The normalized spacial score (nSPS) is 10.3. The smallest absolute Gasteiger partial charge is 0.360 e. The van der Waals surface area contributed by atoms with Gasteiger partial charge in [-0.25, -0.2) is 0 Å². The molecule has 58 valence electrons. The van der Waals surface area contributed by atoms with Crippen LogP contribution < -0.4 is 16.2 Å². The van der Waals surface area contributed by atoms with Crippen LogP contribution >= 0.6 is 11.3 Å². The van der Waals surface area contributed by atoms with Crippen LogP contribution in [-0.2, 0) is 0 Å². The molecule has 0 radical (unpaired) electrons. The predicted octanol–water partition coefficient (Wildman–Crippen LogP) is -0.372. The van der Waals surface area contributed by atoms with Gasteiger partial charge in [0.1, 0.15) is 0 Å². The van der Waals surface area contributed by atoms with E-state index in [1.165, 1.54) is 11.3 Å². The minimum Gasteiger partial charge on any atom is -0.360 e. The van der Waals surface area contributed by atoms with Crippen molar-refractivity contribution < 1.29 is 4.79 Å². The van der Waals surface area contributed by atoms with E-state index < -0.39 is 10.9 Å². The van der Waals surface area contributed by atoms with Crippen LogP contribution in [0, 0.1) is 0 Å². The molecule has 0 amide bonds. The molecule has 5 heteroatoms. The van der Waals surface area contributed by atoms with Crippen molar-refractivity contribution in [1.29, 1.82) is 0 Å². The van der Waals surface area contributed by atoms with Gasteiger partial charge in [0.15, 0.2) is 0 Å². The van der Waals surface area contributed by atoms with E-state index in [1.807, 2.05) is 0 Å². The first-order valence-corrected chi connectivity index (χ1v) is 4.02. The van der Waals surface area contributed by atoms with E-state index in [0.717, 1.165) is 0 Å². The fourth-order valence-corrected chi connectivity index (χ4v) is 1.92. The monoisotopic (exact) mass is 178 g/mol. The van der Waals surface area contributed by atoms with Gasteiger partial charge in [-0.2, -0.15) is 4.79 Å². The molecule has 0 aliphatic carbocycles. The number of thiophene rings is 1. The van der Waals surface area contributed by atoms with Crippen molar-refractivity contribution in [2.24, 2.45) is 0 Å². The third-order valence-electron chi connectivity index (χ3n) is 1.65. The Morgan fingerprint density at radius 1 is 1.33 bits per heavy atom. The summed E-state index contributed by atoms with van der Waals surface area (Å²) in [6, 6.07) is 1.55. The number of nitrogens with zero attached hydrogens (tertiary/aromatic N) is 2. The zero-order valence-corrected chi connectivity index (χ0v) is 6.59. The third kappa shape index (κ3) is 0.664. The average molecular weight is 178 g/mol. The Morgan fingerprint density at radius 2 is 2.08 bits per heavy atom. The lowest BCUT2D eigenvalue weighted by Gasteiger charge is -1.62. The summed E-state index contributed by atoms with van der Waals surface area (Å²) in [5.74, 6) is 0. The summed E-state index contributed by atoms with van der Waals surface area (Å²) in [6.45, 7) is 0. The quantitative estimate of drug-likeness (QED) is 0.408. The van der Waals surface area contributed by atoms with E-state index in [4.69, 9.17) is 5.53 Å². The molecule has 1 heterocycles. The first-order valence-electron chi connectivity index (χ1n) is 3.14. The van der Waals surface area contributed by atoms with E-state index in [9.17, 15) is 9.59 Å². The Hall–Kier alpha value is -1.58. The fraction of sp³-hybridized carbons (Fsp3) is 0. The molecule has 0 bridgehead atoms. The minimum absolute atomic E-state index is 0.345. The molecular weight excluding hydrogens is 176 g/mol. The molecule has 2 rings (SSSR count). The molecule has 0 saturated heterocycles. The van der Waals surface area contributed by atoms with E-state index in [1.54, 1.807) is 11.4 Å². The second-order valence-electron chi connectivity index (χ2n) is 2.27. The van der Waals surface area contributed by atoms with E-state index in [-0.39, 0.29) is 5.36 Å². The summed E-state index contributed by atoms with van der Waals surface area (Å²) in [5.41, 5.74) is 7.38. The summed E-state index contributed by atoms with van der Waals surface area (Å²) in [6.07, 6.45) is 0. The molecule has 0 unspecified atom stereocenters. The van der Waals surface area contributed by atoms with Crippen molar-refractivity contribution in [2.75, 3.05) is 0 Å². The van der Waals surface area contributed by atoms with E-state index in [0.29, 0.717) is 10.1 Å². The van der Waals surface area contributed by atoms with Gasteiger partial charge in [0.05, 0.1) is 10.1 Å². The molecule has 1 aromatic heterocycles. The van der Waals surface area contributed by atoms with Gasteiger partial charge >= 0.3 is 5.36 Å². The van der Waals surface area contributed by atoms with Gasteiger partial charge in [0, 0.05) is 0 Å². The summed E-state index contributed by atoms with van der Waals surface area (Å²) in [4.78, 5) is 25.1. The highest BCUT2D eigenvalue weighted by Gasteiger charge is 2.16. The van der Waals surface area contributed by atoms with Crippen LogP contribution in [0.5, 0.6) is 0 Å². The molecule has 4 nitrogen and oxygen atoms in total. The summed E-state index contributed by atoms with van der Waals surface area (Å²) < 4.78 is 0.368. The first kappa shape index (κ1) is 7.09. The van der Waals surface area contributed by atoms with Crippen LogP contribution in [0.2, 0.25) is 0 Å². The van der Waals surface area contributed by atoms with Crippen LogP contribution in [0.4, 0.5) is 0 Å². The van der Waals surface area contributed by atoms with Crippen molar-refractivity contribution in [2.45, 2.75) is 0 Å². The lowest BCUT2D eigenvalue weighted by Crippen LogP contribution is -2.32. The van der Waals surface area contributed by atoms with Gasteiger partial charge in [0.2, 0.25) is 0 Å². The highest BCUT2D eigenvalue weighted by Crippen LogP contribution is 2.10. The Bertz CT molecular complexity index is 566. The molecule has 0 N–H and O–H groups in total. The molecule has 0 fully saturated rings. The van der Waals surface area contributed by atoms with Crippen molar-refractivity contribution >= 4 is 21.4 Å². The second kappa shape index (κ2) is 2.20. The zero-order valence-electron chi connectivity index (χ0n) is 5.77. The summed E-state index contributed by atoms with van der Waals surface area (Å²) >= 11 is 1.18. The van der Waals surface area contributed by atoms with Crippen LogP contribution in [-0.4, -0.2) is 4.79 Å². The van der Waals surface area contributed by atoms with Crippen LogP contribution in [0.15, 0.2) is 21.0 Å². The van der Waals surface area contributed by atoms with Crippen molar-refractivity contribution in [3.05, 3.63) is 42.8 Å². The molecule has 0 aliphatic rings. The van der Waals surface area contributed by atoms with Crippen molar-refractivity contribution in [3.63, 3.8) is 0 Å². The fourth-order valence-electron chi connectivity index (χ4n) is 1.09. The van der Waals surface area contributed by atoms with Gasteiger partial charge in [-0.1, -0.05) is 0 Å². The number of fused-ring (bicyclic) bond motifs is 1. The highest BCUT2D eigenvalue weighted by molar-refractivity contribution is 7.17. The molecule has 1 aromatic carbocycles. The summed E-state index contributed by atoms with van der Waals surface area (Å²) in [7, 11) is 0. The standard InChI is InChI=1S/C7H2N2O2S/c8-9-4-5(10)3-1-2-12-7(3)6(4)11/h1-2H. The Labute approximate surface area is 69.6 Å². The molecule has 0 aliphatic heterocycles. The maximum atomic E-state index is 11.2. The van der Waals surface area contributed by atoms with Crippen molar-refractivity contribution in [1.82, 2.24) is 0 Å². The molecule has 0 atom stereocenters. The molecule has 0 spiro atoms. The number of hydrogen-bond donors (Lipinski definition) is 0. The second-order valence-corrected chi connectivity index (χ2v) is 3.19. The molecule has 2 aromatic rings. The lowest BCUT2D eigenvalue weighted by atomic mass is 10.4. The van der Waals surface area contributed by atoms with Crippen LogP contribution in [0.25, 0.3) is 15.6 Å². The Kier molecular flexibility index (Phi) is 1.30. The molecule has 12 heavy (non-hydrogen) atoms. The Balaban J connectivity index is 3.42. The largest absolute Gasteiger partial charge is 0.410 e. The maximum Gasteiger partial charge on any atom is 0.410 e. The van der Waals surface area contributed by atoms with Crippen molar-refractivity contribution in [3.8, 4) is 0 Å². The van der Waals surface area contributed by atoms with Gasteiger partial charge in [0.25, 0.3) is 10.9 Å². The van der Waals surface area contributed by atoms with E-state index >= 15 is 0 Å². The number of hydrogen-bond acceptors (Lipinski definition) is 3. The summed E-state index contributed by atoms with van der Waals surface area (Å²) in [5, 5.41) is 1.63. The highest BCUT2D eigenvalue weighted by atomic mass is 32.1. The third-order valence-corrected chi connectivity index (χ3v) is 2.56. The van der Waals surface area contributed by atoms with Gasteiger partial charge in [-0.15, -0.1) is 11.3 Å². The van der Waals surface area contributed by atoms with Gasteiger partial charge in [-0.05, 0) is 11.4 Å². The predicted molar refractivity (Wildman–Crippen MR) is 43.5 cm³/mol. The zero-order chi connectivity index (χ0) is 8.72. The van der Waals surface area contributed by atoms with Crippen LogP contribution in [0.3, 0.4) is 0 Å². The first-order chi connectivity index (χ1) is 5.75. The minimum atomic E-state index is -0.487. The molecular formula is C7H2N2O2S. The molecule has 0 saturated carbocycles. The number of rotatable bonds is 0. The topological polar surface area (TPSA) is 70.5 Å². The van der Waals surface area contributed by atoms with E-state index in [2.05, 4.69) is 4.79 Å². The maximum absolute atomic E-state index is 11.2.